The third-order valence-electron chi connectivity index (χ3n) is 3.28. The van der Waals surface area contributed by atoms with Crippen molar-refractivity contribution in [2.75, 3.05) is 7.11 Å². The van der Waals surface area contributed by atoms with E-state index < -0.39 is 8.38 Å². The average molecular weight is 308 g/mol. The molecule has 0 radical (unpaired) electrons. The Balaban J connectivity index is 1.96. The van der Waals surface area contributed by atoms with Crippen LogP contribution in [-0.4, -0.2) is 7.11 Å². The van der Waals surface area contributed by atoms with Crippen LogP contribution in [0, 0.1) is 0 Å². The Bertz CT molecular complexity index is 714. The van der Waals surface area contributed by atoms with Crippen LogP contribution in [0.25, 0.3) is 11.1 Å². The summed E-state index contributed by atoms with van der Waals surface area (Å²) in [5.41, 5.74) is 2.31. The predicted octanol–water partition coefficient (Wildman–Crippen LogP) is 5.02. The Hall–Kier alpha value is -2.15. The number of hydrogen-bond donors (Lipinski definition) is 0. The van der Waals surface area contributed by atoms with Gasteiger partial charge in [0.2, 0.25) is 0 Å². The van der Waals surface area contributed by atoms with E-state index in [0.29, 0.717) is 0 Å². The molecule has 3 heteroatoms. The van der Waals surface area contributed by atoms with E-state index >= 15 is 0 Å². The first-order valence-corrected chi connectivity index (χ1v) is 8.28. The van der Waals surface area contributed by atoms with Crippen LogP contribution in [0.4, 0.5) is 0 Å². The van der Waals surface area contributed by atoms with Crippen LogP contribution in [-0.2, 0) is 4.52 Å². The lowest BCUT2D eigenvalue weighted by Gasteiger charge is -2.19. The fourth-order valence-corrected chi connectivity index (χ4v) is 3.55. The number of rotatable bonds is 5. The Morgan fingerprint density at radius 1 is 0.682 bits per heavy atom. The number of hydrogen-bond acceptors (Lipinski definition) is 2. The lowest BCUT2D eigenvalue weighted by atomic mass is 10.1. The molecule has 0 saturated heterocycles. The highest BCUT2D eigenvalue weighted by atomic mass is 31.2. The van der Waals surface area contributed by atoms with Gasteiger partial charge >= 0.3 is 0 Å². The van der Waals surface area contributed by atoms with Gasteiger partial charge in [0.25, 0.3) is 8.38 Å². The van der Waals surface area contributed by atoms with Crippen molar-refractivity contribution in [1.29, 1.82) is 0 Å². The average Bonchev–Trinajstić information content (AvgIpc) is 2.61. The van der Waals surface area contributed by atoms with Crippen molar-refractivity contribution in [1.82, 2.24) is 0 Å². The van der Waals surface area contributed by atoms with E-state index in [9.17, 15) is 0 Å². The molecule has 0 aromatic heterocycles. The molecule has 0 N–H and O–H groups in total. The molecule has 0 fully saturated rings. The van der Waals surface area contributed by atoms with Crippen molar-refractivity contribution >= 4 is 13.7 Å². The van der Waals surface area contributed by atoms with Gasteiger partial charge in [0.1, 0.15) is 5.75 Å². The molecular weight excluding hydrogens is 291 g/mol. The van der Waals surface area contributed by atoms with E-state index in [2.05, 4.69) is 24.3 Å². The van der Waals surface area contributed by atoms with E-state index in [-0.39, 0.29) is 0 Å². The van der Waals surface area contributed by atoms with Gasteiger partial charge in [0.15, 0.2) is 0 Å². The highest BCUT2D eigenvalue weighted by Gasteiger charge is 2.18. The van der Waals surface area contributed by atoms with Crippen LogP contribution in [0.5, 0.6) is 5.75 Å². The maximum absolute atomic E-state index is 6.05. The summed E-state index contributed by atoms with van der Waals surface area (Å²) >= 11 is 0. The Labute approximate surface area is 132 Å². The summed E-state index contributed by atoms with van der Waals surface area (Å²) in [4.78, 5) is 0. The van der Waals surface area contributed by atoms with E-state index in [1.807, 2.05) is 60.7 Å². The van der Waals surface area contributed by atoms with Gasteiger partial charge in [-0.05, 0) is 29.3 Å². The van der Waals surface area contributed by atoms with E-state index in [1.54, 1.807) is 7.11 Å². The molecule has 3 rings (SSSR count). The van der Waals surface area contributed by atoms with Gasteiger partial charge in [0, 0.05) is 7.11 Å². The topological polar surface area (TPSA) is 18.5 Å². The first-order valence-electron chi connectivity index (χ1n) is 7.10. The fraction of sp³-hybridized carbons (Fsp3) is 0.0526. The van der Waals surface area contributed by atoms with Crippen molar-refractivity contribution < 1.29 is 9.05 Å². The molecule has 0 bridgehead atoms. The summed E-state index contributed by atoms with van der Waals surface area (Å²) in [5, 5.41) is 1.08. The highest BCUT2D eigenvalue weighted by Crippen LogP contribution is 2.40. The molecular formula is C19H17O2P. The second kappa shape index (κ2) is 7.22. The number of benzene rings is 3. The first kappa shape index (κ1) is 14.8. The summed E-state index contributed by atoms with van der Waals surface area (Å²) in [6, 6.07) is 28.3. The van der Waals surface area contributed by atoms with Gasteiger partial charge < -0.3 is 9.05 Å². The third-order valence-corrected chi connectivity index (χ3v) is 4.77. The summed E-state index contributed by atoms with van der Waals surface area (Å²) < 4.78 is 11.7. The van der Waals surface area contributed by atoms with E-state index in [1.165, 1.54) is 5.56 Å². The van der Waals surface area contributed by atoms with Crippen molar-refractivity contribution in [3.63, 3.8) is 0 Å². The lowest BCUT2D eigenvalue weighted by molar-refractivity contribution is 0.405. The molecule has 1 atom stereocenters. The largest absolute Gasteiger partial charge is 0.444 e. The monoisotopic (exact) mass is 308 g/mol. The van der Waals surface area contributed by atoms with E-state index in [0.717, 1.165) is 16.6 Å². The first-order chi connectivity index (χ1) is 10.9. The Morgan fingerprint density at radius 3 is 1.95 bits per heavy atom. The van der Waals surface area contributed by atoms with Gasteiger partial charge in [-0.2, -0.15) is 0 Å². The molecule has 0 saturated carbocycles. The third kappa shape index (κ3) is 3.36. The van der Waals surface area contributed by atoms with Crippen LogP contribution in [0.15, 0.2) is 84.9 Å². The maximum Gasteiger partial charge on any atom is 0.265 e. The second-order valence-electron chi connectivity index (χ2n) is 4.73. The smallest absolute Gasteiger partial charge is 0.265 e. The standard InChI is InChI=1S/C19H17O2P/c1-20-22(21-17-12-6-3-7-13-17)19-15-9-8-14-18(19)16-10-4-2-5-11-16/h2-15H,1H3. The minimum atomic E-state index is -1.17. The Morgan fingerprint density at radius 2 is 1.27 bits per heavy atom. The zero-order chi connectivity index (χ0) is 15.2. The van der Waals surface area contributed by atoms with Crippen molar-refractivity contribution in [2.24, 2.45) is 0 Å². The minimum absolute atomic E-state index is 0.818. The molecule has 0 aliphatic rings. The highest BCUT2D eigenvalue weighted by molar-refractivity contribution is 7.56. The van der Waals surface area contributed by atoms with E-state index in [4.69, 9.17) is 9.05 Å². The van der Waals surface area contributed by atoms with Crippen LogP contribution in [0.2, 0.25) is 0 Å². The SMILES string of the molecule is COP(Oc1ccccc1)c1ccccc1-c1ccccc1. The summed E-state index contributed by atoms with van der Waals surface area (Å²) in [7, 11) is 0.517. The maximum atomic E-state index is 6.05. The van der Waals surface area contributed by atoms with Gasteiger partial charge in [-0.15, -0.1) is 0 Å². The molecule has 0 amide bonds. The molecule has 2 nitrogen and oxygen atoms in total. The van der Waals surface area contributed by atoms with Crippen molar-refractivity contribution in [2.45, 2.75) is 0 Å². The minimum Gasteiger partial charge on any atom is -0.444 e. The van der Waals surface area contributed by atoms with Gasteiger partial charge in [0.05, 0.1) is 5.30 Å². The molecule has 3 aromatic carbocycles. The second-order valence-corrected chi connectivity index (χ2v) is 6.27. The van der Waals surface area contributed by atoms with Crippen molar-refractivity contribution in [3.05, 3.63) is 84.9 Å². The fourth-order valence-electron chi connectivity index (χ4n) is 2.26. The van der Waals surface area contributed by atoms with Crippen LogP contribution in [0.3, 0.4) is 0 Å². The zero-order valence-corrected chi connectivity index (χ0v) is 13.2. The van der Waals surface area contributed by atoms with Crippen LogP contribution < -0.4 is 9.83 Å². The van der Waals surface area contributed by atoms with Crippen molar-refractivity contribution in [3.8, 4) is 16.9 Å². The molecule has 0 heterocycles. The Kier molecular flexibility index (Phi) is 4.85. The zero-order valence-electron chi connectivity index (χ0n) is 12.3. The van der Waals surface area contributed by atoms with Crippen LogP contribution >= 0.6 is 8.38 Å². The molecule has 110 valence electrons. The van der Waals surface area contributed by atoms with Gasteiger partial charge in [-0.1, -0.05) is 66.7 Å². The molecule has 1 unspecified atom stereocenters. The molecule has 0 aliphatic heterocycles. The molecule has 22 heavy (non-hydrogen) atoms. The lowest BCUT2D eigenvalue weighted by Crippen LogP contribution is -2.09. The molecule has 0 spiro atoms. The molecule has 0 aliphatic carbocycles. The number of para-hydroxylation sites is 1. The molecule has 3 aromatic rings. The van der Waals surface area contributed by atoms with Gasteiger partial charge in [-0.25, -0.2) is 0 Å². The van der Waals surface area contributed by atoms with Gasteiger partial charge in [-0.3, -0.25) is 0 Å². The predicted molar refractivity (Wildman–Crippen MR) is 92.5 cm³/mol. The summed E-state index contributed by atoms with van der Waals surface area (Å²) in [5.74, 6) is 0.818. The summed E-state index contributed by atoms with van der Waals surface area (Å²) in [6.45, 7) is 0. The van der Waals surface area contributed by atoms with Crippen LogP contribution in [0.1, 0.15) is 0 Å². The summed E-state index contributed by atoms with van der Waals surface area (Å²) in [6.07, 6.45) is 0. The normalized spacial score (nSPS) is 11.9. The quantitative estimate of drug-likeness (QED) is 0.616.